The van der Waals surface area contributed by atoms with Crippen LogP contribution in [0.15, 0.2) is 60.5 Å². The van der Waals surface area contributed by atoms with Gasteiger partial charge in [-0.3, -0.25) is 9.78 Å². The molecule has 0 unspecified atom stereocenters. The van der Waals surface area contributed by atoms with Gasteiger partial charge in [0, 0.05) is 59.5 Å². The van der Waals surface area contributed by atoms with Gasteiger partial charge in [-0.25, -0.2) is 0 Å². The maximum Gasteiger partial charge on any atom is 0.454 e. The van der Waals surface area contributed by atoms with Crippen molar-refractivity contribution in [2.75, 3.05) is 0 Å². The molecule has 315 valence electrons. The SMILES string of the molecule is CC(C)C/C(O)=C/C(=O)C(F)(F)F.Cc1cc(C2CCC(C)(C)CC2)cc(C)c1-c1sc2c(-c3[c-]c4ccccc4c(C(C)(C)C)c3)ncc(C(F)(F)F)c2c1C.[Ir]. The van der Waals surface area contributed by atoms with E-state index >= 15 is 0 Å². The Kier molecular flexibility index (Phi) is 14.3. The fraction of sp³-hybridized carbons (Fsp3) is 0.447. The summed E-state index contributed by atoms with van der Waals surface area (Å²) in [6.45, 7) is 20.7. The number of carbonyl (C=O) groups excluding carboxylic acids is 1. The molecule has 3 nitrogen and oxygen atoms in total. The number of thiophene rings is 1. The van der Waals surface area contributed by atoms with Crippen molar-refractivity contribution >= 4 is 38.0 Å². The Morgan fingerprint density at radius 3 is 2.09 bits per heavy atom. The number of ketones is 1. The zero-order valence-electron chi connectivity index (χ0n) is 34.7. The van der Waals surface area contributed by atoms with E-state index in [-0.39, 0.29) is 49.3 Å². The standard InChI is InChI=1S/C39H41F3NS.C8H11F3O2.Ir/c1-22-17-27(25-13-15-38(7,8)16-14-25)18-23(2)32(22)35-24(3)33-31(39(40,41)42)21-43-34(36(33)44-35)28-19-26-11-9-10-12-29(26)30(20-28)37(4,5)6;1-5(2)3-6(12)4-7(13)8(9,10)11;/h9-12,17-18,20-21,25H,13-16H2,1-8H3;4-5,12H,3H2,1-2H3;/q-1;;/b;6-4-;. The number of rotatable bonds is 6. The van der Waals surface area contributed by atoms with Crippen LogP contribution >= 0.6 is 11.3 Å². The predicted molar refractivity (Wildman–Crippen MR) is 221 cm³/mol. The average molecular weight is 1000 g/mol. The number of nitrogens with zero attached hydrogens (tertiary/aromatic N) is 1. The molecular formula is C47H52F6IrNO2S-. The monoisotopic (exact) mass is 1000 g/mol. The van der Waals surface area contributed by atoms with Crippen LogP contribution in [0.25, 0.3) is 42.6 Å². The van der Waals surface area contributed by atoms with E-state index in [1.54, 1.807) is 13.8 Å². The third-order valence-electron chi connectivity index (χ3n) is 10.9. The Hall–Kier alpha value is -3.53. The Morgan fingerprint density at radius 2 is 1.55 bits per heavy atom. The van der Waals surface area contributed by atoms with Crippen LogP contribution in [0.2, 0.25) is 0 Å². The fourth-order valence-electron chi connectivity index (χ4n) is 7.91. The molecule has 0 spiro atoms. The minimum atomic E-state index is -4.90. The van der Waals surface area contributed by atoms with Gasteiger partial charge in [0.1, 0.15) is 0 Å². The van der Waals surface area contributed by atoms with Crippen molar-refractivity contribution in [2.45, 2.75) is 125 Å². The number of benzene rings is 3. The van der Waals surface area contributed by atoms with Gasteiger partial charge in [0.05, 0.1) is 11.3 Å². The van der Waals surface area contributed by atoms with Crippen molar-refractivity contribution in [3.63, 3.8) is 0 Å². The molecule has 0 amide bonds. The molecule has 1 radical (unpaired) electrons. The summed E-state index contributed by atoms with van der Waals surface area (Å²) in [6, 6.07) is 18.2. The smallest absolute Gasteiger partial charge is 0.454 e. The Bertz CT molecular complexity index is 2300. The molecule has 6 rings (SSSR count). The van der Waals surface area contributed by atoms with E-state index < -0.39 is 29.5 Å². The second-order valence-electron chi connectivity index (χ2n) is 17.7. The van der Waals surface area contributed by atoms with Crippen molar-refractivity contribution in [2.24, 2.45) is 11.3 Å². The van der Waals surface area contributed by atoms with Crippen LogP contribution in [0.3, 0.4) is 0 Å². The van der Waals surface area contributed by atoms with E-state index in [9.17, 15) is 31.1 Å². The minimum Gasteiger partial charge on any atom is -0.512 e. The number of aliphatic hydroxyl groups is 1. The number of halogens is 6. The number of alkyl halides is 6. The van der Waals surface area contributed by atoms with Crippen LogP contribution in [-0.2, 0) is 36.5 Å². The van der Waals surface area contributed by atoms with Gasteiger partial charge in [0.15, 0.2) is 0 Å². The number of aromatic nitrogens is 1. The summed E-state index contributed by atoms with van der Waals surface area (Å²) < 4.78 is 79.0. The van der Waals surface area contributed by atoms with Gasteiger partial charge in [-0.05, 0) is 96.9 Å². The van der Waals surface area contributed by atoms with E-state index in [2.05, 4.69) is 83.8 Å². The number of allylic oxidation sites excluding steroid dienone is 2. The van der Waals surface area contributed by atoms with E-state index in [0.29, 0.717) is 27.3 Å². The van der Waals surface area contributed by atoms with E-state index in [1.165, 1.54) is 42.6 Å². The summed E-state index contributed by atoms with van der Waals surface area (Å²) in [6.07, 6.45) is -3.32. The molecule has 58 heavy (non-hydrogen) atoms. The number of pyridine rings is 1. The Morgan fingerprint density at radius 1 is 0.966 bits per heavy atom. The Balaban J connectivity index is 0.000000460. The van der Waals surface area contributed by atoms with Crippen LogP contribution in [0.1, 0.15) is 120 Å². The maximum atomic E-state index is 14.5. The topological polar surface area (TPSA) is 50.2 Å². The molecule has 1 fully saturated rings. The van der Waals surface area contributed by atoms with Crippen molar-refractivity contribution in [3.8, 4) is 21.7 Å². The first-order valence-corrected chi connectivity index (χ1v) is 20.2. The first-order chi connectivity index (χ1) is 26.3. The summed E-state index contributed by atoms with van der Waals surface area (Å²) in [5.41, 5.74) is 7.26. The summed E-state index contributed by atoms with van der Waals surface area (Å²) >= 11 is 1.43. The molecule has 11 heteroatoms. The predicted octanol–water partition coefficient (Wildman–Crippen LogP) is 15.1. The molecule has 1 aliphatic carbocycles. The number of hydrogen-bond donors (Lipinski definition) is 1. The first-order valence-electron chi connectivity index (χ1n) is 19.4. The van der Waals surface area contributed by atoms with E-state index in [1.807, 2.05) is 25.1 Å². The molecule has 5 aromatic rings. The quantitative estimate of drug-likeness (QED) is 0.0798. The summed E-state index contributed by atoms with van der Waals surface area (Å²) in [5.74, 6) is -2.01. The van der Waals surface area contributed by atoms with Crippen LogP contribution in [-0.4, -0.2) is 22.1 Å². The zero-order valence-corrected chi connectivity index (χ0v) is 37.9. The molecule has 1 aliphatic rings. The number of aliphatic hydroxyl groups excluding tert-OH is 1. The maximum absolute atomic E-state index is 14.5. The molecule has 0 aliphatic heterocycles. The molecule has 0 atom stereocenters. The molecule has 0 saturated heterocycles. The number of aryl methyl sites for hydroxylation is 3. The van der Waals surface area contributed by atoms with Gasteiger partial charge in [-0.1, -0.05) is 89.7 Å². The summed E-state index contributed by atoms with van der Waals surface area (Å²) in [5, 5.41) is 11.2. The molecule has 0 bridgehead atoms. The van der Waals surface area contributed by atoms with Crippen molar-refractivity contribution in [1.29, 1.82) is 0 Å². The number of fused-ring (bicyclic) bond motifs is 2. The molecule has 2 aromatic heterocycles. The van der Waals surface area contributed by atoms with E-state index in [0.717, 1.165) is 49.7 Å². The van der Waals surface area contributed by atoms with Gasteiger partial charge in [0.2, 0.25) is 0 Å². The minimum absolute atomic E-state index is 0. The average Bonchev–Trinajstić information content (AvgIpc) is 3.41. The molecule has 3 aromatic carbocycles. The van der Waals surface area contributed by atoms with Crippen LogP contribution in [0.5, 0.6) is 0 Å². The van der Waals surface area contributed by atoms with Crippen LogP contribution in [0, 0.1) is 38.2 Å². The molecule has 1 N–H and O–H groups in total. The largest absolute Gasteiger partial charge is 0.512 e. The second kappa shape index (κ2) is 17.6. The summed E-state index contributed by atoms with van der Waals surface area (Å²) in [7, 11) is 0. The van der Waals surface area contributed by atoms with E-state index in [4.69, 9.17) is 5.11 Å². The zero-order chi connectivity index (χ0) is 42.4. The molecular weight excluding hydrogens is 949 g/mol. The molecule has 2 heterocycles. The second-order valence-corrected chi connectivity index (χ2v) is 18.8. The number of carbonyl (C=O) groups is 1. The summed E-state index contributed by atoms with van der Waals surface area (Å²) in [4.78, 5) is 15.7. The van der Waals surface area contributed by atoms with Gasteiger partial charge in [0.25, 0.3) is 5.78 Å². The Labute approximate surface area is 355 Å². The van der Waals surface area contributed by atoms with Crippen LogP contribution < -0.4 is 0 Å². The molecule has 1 saturated carbocycles. The third-order valence-corrected chi connectivity index (χ3v) is 12.2. The number of hydrogen-bond acceptors (Lipinski definition) is 4. The van der Waals surface area contributed by atoms with Crippen LogP contribution in [0.4, 0.5) is 26.3 Å². The first kappa shape index (κ1) is 47.2. The van der Waals surface area contributed by atoms with Gasteiger partial charge in [-0.2, -0.15) is 26.3 Å². The van der Waals surface area contributed by atoms with Gasteiger partial charge < -0.3 is 5.11 Å². The fourth-order valence-corrected chi connectivity index (χ4v) is 9.42. The van der Waals surface area contributed by atoms with Crippen molar-refractivity contribution < 1.29 is 56.3 Å². The van der Waals surface area contributed by atoms with Crippen molar-refractivity contribution in [3.05, 3.63) is 99.9 Å². The van der Waals surface area contributed by atoms with Gasteiger partial charge >= 0.3 is 12.4 Å². The third kappa shape index (κ3) is 10.6. The van der Waals surface area contributed by atoms with Gasteiger partial charge in [-0.15, -0.1) is 40.5 Å². The van der Waals surface area contributed by atoms with Crippen molar-refractivity contribution in [1.82, 2.24) is 4.98 Å². The normalized spacial score (nSPS) is 15.4.